The fourth-order valence-electron chi connectivity index (χ4n) is 2.81. The smallest absolute Gasteiger partial charge is 0.157 e. The summed E-state index contributed by atoms with van der Waals surface area (Å²) in [4.78, 5) is 4.61. The van der Waals surface area contributed by atoms with Gasteiger partial charge in [0.15, 0.2) is 5.65 Å². The molecule has 2 aromatic heterocycles. The first-order chi connectivity index (χ1) is 9.26. The first kappa shape index (κ1) is 12.4. The van der Waals surface area contributed by atoms with Crippen LogP contribution in [0.25, 0.3) is 5.65 Å². The molecule has 0 amide bonds. The van der Waals surface area contributed by atoms with Crippen molar-refractivity contribution in [3.05, 3.63) is 24.0 Å². The summed E-state index contributed by atoms with van der Waals surface area (Å²) in [6.07, 6.45) is 7.17. The van der Waals surface area contributed by atoms with Crippen LogP contribution >= 0.6 is 0 Å². The maximum Gasteiger partial charge on any atom is 0.157 e. The minimum Gasteiger partial charge on any atom is -0.367 e. The molecule has 0 aliphatic heterocycles. The van der Waals surface area contributed by atoms with Crippen molar-refractivity contribution in [1.29, 1.82) is 0 Å². The summed E-state index contributed by atoms with van der Waals surface area (Å²) in [5.41, 5.74) is 8.01. The number of nitrogens with one attached hydrogen (secondary N) is 1. The van der Waals surface area contributed by atoms with Crippen molar-refractivity contribution in [2.24, 2.45) is 5.73 Å². The van der Waals surface area contributed by atoms with Crippen LogP contribution in [0.3, 0.4) is 0 Å². The maximum absolute atomic E-state index is 5.97. The number of hydrogen-bond acceptors (Lipinski definition) is 4. The number of aromatic nitrogens is 3. The largest absolute Gasteiger partial charge is 0.367 e. The van der Waals surface area contributed by atoms with Crippen molar-refractivity contribution >= 4 is 11.5 Å². The lowest BCUT2D eigenvalue weighted by atomic mass is 10.2. The lowest BCUT2D eigenvalue weighted by Crippen LogP contribution is -2.22. The number of nitrogens with zero attached hydrogens (tertiary/aromatic N) is 3. The third-order valence-electron chi connectivity index (χ3n) is 3.74. The Morgan fingerprint density at radius 3 is 3.11 bits per heavy atom. The molecular weight excluding hydrogens is 238 g/mol. The second-order valence-electron chi connectivity index (χ2n) is 5.40. The zero-order valence-electron chi connectivity index (χ0n) is 11.3. The zero-order valence-corrected chi connectivity index (χ0v) is 11.3. The molecule has 2 atom stereocenters. The van der Waals surface area contributed by atoms with Crippen molar-refractivity contribution in [2.45, 2.75) is 51.1 Å². The highest BCUT2D eigenvalue weighted by Gasteiger charge is 2.22. The molecule has 0 spiro atoms. The molecule has 1 aliphatic rings. The number of hydrogen-bond donors (Lipinski definition) is 2. The van der Waals surface area contributed by atoms with E-state index in [2.05, 4.69) is 28.4 Å². The van der Waals surface area contributed by atoms with Crippen molar-refractivity contribution in [1.82, 2.24) is 14.6 Å². The van der Waals surface area contributed by atoms with E-state index in [1.54, 1.807) is 6.20 Å². The molecule has 0 bridgehead atoms. The normalized spacial score (nSPS) is 23.1. The molecule has 102 valence electrons. The van der Waals surface area contributed by atoms with E-state index in [1.165, 1.54) is 0 Å². The number of nitrogens with two attached hydrogens (primary N) is 1. The average Bonchev–Trinajstić information content (AvgIpc) is 2.99. The predicted molar refractivity (Wildman–Crippen MR) is 76.2 cm³/mol. The van der Waals surface area contributed by atoms with Crippen molar-refractivity contribution in [2.75, 3.05) is 5.32 Å². The van der Waals surface area contributed by atoms with E-state index in [-0.39, 0.29) is 0 Å². The van der Waals surface area contributed by atoms with Gasteiger partial charge in [0.1, 0.15) is 5.82 Å². The summed E-state index contributed by atoms with van der Waals surface area (Å²) >= 11 is 0. The Balaban J connectivity index is 1.89. The lowest BCUT2D eigenvalue weighted by Gasteiger charge is -2.15. The molecule has 1 saturated carbocycles. The molecule has 5 heteroatoms. The summed E-state index contributed by atoms with van der Waals surface area (Å²) in [5, 5.41) is 7.92. The van der Waals surface area contributed by atoms with E-state index >= 15 is 0 Å². The van der Waals surface area contributed by atoms with Crippen LogP contribution in [0.15, 0.2) is 18.3 Å². The van der Waals surface area contributed by atoms with Gasteiger partial charge in [0.25, 0.3) is 0 Å². The number of anilines is 1. The quantitative estimate of drug-likeness (QED) is 0.881. The summed E-state index contributed by atoms with van der Waals surface area (Å²) < 4.78 is 1.88. The highest BCUT2D eigenvalue weighted by molar-refractivity contribution is 5.49. The maximum atomic E-state index is 5.97. The monoisotopic (exact) mass is 259 g/mol. The molecule has 1 fully saturated rings. The van der Waals surface area contributed by atoms with Crippen LogP contribution in [-0.4, -0.2) is 26.7 Å². The van der Waals surface area contributed by atoms with Crippen LogP contribution < -0.4 is 11.1 Å². The SMILES string of the molecule is CCCc1cc(N[C@H]2CC[C@H](N)C2)n2nccc2n1. The van der Waals surface area contributed by atoms with Gasteiger partial charge in [-0.1, -0.05) is 13.3 Å². The third kappa shape index (κ3) is 2.56. The Morgan fingerprint density at radius 2 is 2.37 bits per heavy atom. The second kappa shape index (κ2) is 5.17. The van der Waals surface area contributed by atoms with Gasteiger partial charge in [-0.15, -0.1) is 0 Å². The topological polar surface area (TPSA) is 68.2 Å². The van der Waals surface area contributed by atoms with Gasteiger partial charge in [-0.05, 0) is 25.7 Å². The molecule has 2 heterocycles. The van der Waals surface area contributed by atoms with E-state index in [1.807, 2.05) is 10.6 Å². The van der Waals surface area contributed by atoms with Crippen molar-refractivity contribution in [3.8, 4) is 0 Å². The van der Waals surface area contributed by atoms with Crippen molar-refractivity contribution in [3.63, 3.8) is 0 Å². The van der Waals surface area contributed by atoms with E-state index < -0.39 is 0 Å². The van der Waals surface area contributed by atoms with E-state index in [9.17, 15) is 0 Å². The molecule has 2 aromatic rings. The highest BCUT2D eigenvalue weighted by Crippen LogP contribution is 2.22. The van der Waals surface area contributed by atoms with Crippen LogP contribution in [0.4, 0.5) is 5.82 Å². The summed E-state index contributed by atoms with van der Waals surface area (Å²) in [6.45, 7) is 2.17. The van der Waals surface area contributed by atoms with Gasteiger partial charge >= 0.3 is 0 Å². The minimum absolute atomic E-state index is 0.336. The first-order valence-electron chi connectivity index (χ1n) is 7.12. The van der Waals surface area contributed by atoms with Crippen LogP contribution in [-0.2, 0) is 6.42 Å². The Bertz CT molecular complexity index is 562. The van der Waals surface area contributed by atoms with E-state index in [0.717, 1.165) is 49.3 Å². The van der Waals surface area contributed by atoms with Gasteiger partial charge in [-0.2, -0.15) is 9.61 Å². The van der Waals surface area contributed by atoms with Gasteiger partial charge in [0.05, 0.1) is 6.20 Å². The Hall–Kier alpha value is -1.62. The summed E-state index contributed by atoms with van der Waals surface area (Å²) in [6, 6.07) is 4.86. The second-order valence-corrected chi connectivity index (χ2v) is 5.40. The molecule has 0 unspecified atom stereocenters. The lowest BCUT2D eigenvalue weighted by molar-refractivity contribution is 0.684. The van der Waals surface area contributed by atoms with Gasteiger partial charge in [0.2, 0.25) is 0 Å². The fourth-order valence-corrected chi connectivity index (χ4v) is 2.81. The first-order valence-corrected chi connectivity index (χ1v) is 7.12. The standard InChI is InChI=1S/C14H21N5/c1-2-3-11-9-14(18-12-5-4-10(15)8-12)19-13(17-11)6-7-16-19/h6-7,9-10,12,18H,2-5,8,15H2,1H3/t10-,12-/m0/s1. The van der Waals surface area contributed by atoms with E-state index in [4.69, 9.17) is 5.73 Å². The molecule has 3 rings (SSSR count). The number of aryl methyl sites for hydroxylation is 1. The Kier molecular flexibility index (Phi) is 3.38. The van der Waals surface area contributed by atoms with Crippen molar-refractivity contribution < 1.29 is 0 Å². The Morgan fingerprint density at radius 1 is 1.47 bits per heavy atom. The van der Waals surface area contributed by atoms with E-state index in [0.29, 0.717) is 12.1 Å². The molecule has 0 saturated heterocycles. The van der Waals surface area contributed by atoms with Crippen LogP contribution in [0.1, 0.15) is 38.3 Å². The molecule has 5 nitrogen and oxygen atoms in total. The van der Waals surface area contributed by atoms with Gasteiger partial charge in [-0.3, -0.25) is 0 Å². The molecular formula is C14H21N5. The molecule has 3 N–H and O–H groups in total. The van der Waals surface area contributed by atoms with Crippen LogP contribution in [0.5, 0.6) is 0 Å². The Labute approximate surface area is 113 Å². The van der Waals surface area contributed by atoms with Gasteiger partial charge < -0.3 is 11.1 Å². The average molecular weight is 259 g/mol. The third-order valence-corrected chi connectivity index (χ3v) is 3.74. The van der Waals surface area contributed by atoms with Gasteiger partial charge in [-0.25, -0.2) is 4.98 Å². The fraction of sp³-hybridized carbons (Fsp3) is 0.571. The number of fused-ring (bicyclic) bond motifs is 1. The molecule has 0 radical (unpaired) electrons. The summed E-state index contributed by atoms with van der Waals surface area (Å²) in [5.74, 6) is 1.04. The highest BCUT2D eigenvalue weighted by atomic mass is 15.3. The van der Waals surface area contributed by atoms with Gasteiger partial charge in [0, 0.05) is 29.9 Å². The van der Waals surface area contributed by atoms with Crippen LogP contribution in [0, 0.1) is 0 Å². The summed E-state index contributed by atoms with van der Waals surface area (Å²) in [7, 11) is 0. The number of rotatable bonds is 4. The molecule has 0 aromatic carbocycles. The minimum atomic E-state index is 0.336. The van der Waals surface area contributed by atoms with Crippen LogP contribution in [0.2, 0.25) is 0 Å². The predicted octanol–water partition coefficient (Wildman–Crippen LogP) is 1.97. The zero-order chi connectivity index (χ0) is 13.2. The molecule has 19 heavy (non-hydrogen) atoms. The molecule has 1 aliphatic carbocycles.